The summed E-state index contributed by atoms with van der Waals surface area (Å²) < 4.78 is 0.743. The lowest BCUT2D eigenvalue weighted by Crippen LogP contribution is -2.01. The summed E-state index contributed by atoms with van der Waals surface area (Å²) in [6, 6.07) is 3.53. The number of rotatable bonds is 2. The van der Waals surface area contributed by atoms with Crippen LogP contribution < -0.4 is 0 Å². The van der Waals surface area contributed by atoms with Crippen molar-refractivity contribution < 1.29 is 4.79 Å². The molecule has 0 amide bonds. The van der Waals surface area contributed by atoms with Crippen molar-refractivity contribution in [3.63, 3.8) is 0 Å². The maximum atomic E-state index is 11.4. The Bertz CT molecular complexity index is 350. The Hall–Kier alpha value is 0.140. The third-order valence-corrected chi connectivity index (χ3v) is 3.24. The van der Waals surface area contributed by atoms with E-state index < -0.39 is 0 Å². The topological polar surface area (TPSA) is 17.1 Å². The first-order chi connectivity index (χ1) is 6.06. The number of ketones is 1. The second kappa shape index (κ2) is 4.58. The van der Waals surface area contributed by atoms with Crippen LogP contribution in [0.4, 0.5) is 0 Å². The standard InChI is InChI=1S/C9H7Br2ClO/c1-5-2-6(9(13)4-10)7(11)3-8(5)12/h2-3H,4H2,1H3. The first kappa shape index (κ1) is 11.2. The molecule has 1 rings (SSSR count). The first-order valence-electron chi connectivity index (χ1n) is 3.61. The summed E-state index contributed by atoms with van der Waals surface area (Å²) in [7, 11) is 0. The molecule has 13 heavy (non-hydrogen) atoms. The highest BCUT2D eigenvalue weighted by molar-refractivity contribution is 9.10. The van der Waals surface area contributed by atoms with Gasteiger partial charge in [0.1, 0.15) is 0 Å². The van der Waals surface area contributed by atoms with Gasteiger partial charge in [-0.1, -0.05) is 27.5 Å². The summed E-state index contributed by atoms with van der Waals surface area (Å²) in [5.74, 6) is 0.0478. The fraction of sp³-hybridized carbons (Fsp3) is 0.222. The molecule has 0 aliphatic carbocycles. The van der Waals surface area contributed by atoms with Crippen LogP contribution in [0.15, 0.2) is 16.6 Å². The van der Waals surface area contributed by atoms with E-state index in [2.05, 4.69) is 31.9 Å². The van der Waals surface area contributed by atoms with Crippen molar-refractivity contribution in [3.05, 3.63) is 32.8 Å². The van der Waals surface area contributed by atoms with Gasteiger partial charge in [-0.2, -0.15) is 0 Å². The third kappa shape index (κ3) is 2.55. The maximum absolute atomic E-state index is 11.4. The molecule has 0 radical (unpaired) electrons. The highest BCUT2D eigenvalue weighted by Gasteiger charge is 2.10. The highest BCUT2D eigenvalue weighted by atomic mass is 79.9. The van der Waals surface area contributed by atoms with Crippen molar-refractivity contribution in [1.29, 1.82) is 0 Å². The summed E-state index contributed by atoms with van der Waals surface area (Å²) in [5, 5.41) is 0.991. The quantitative estimate of drug-likeness (QED) is 0.593. The normalized spacial score (nSPS) is 10.2. The molecule has 0 aliphatic rings. The zero-order valence-corrected chi connectivity index (χ0v) is 10.8. The number of hydrogen-bond acceptors (Lipinski definition) is 1. The fourth-order valence-corrected chi connectivity index (χ4v) is 2.10. The van der Waals surface area contributed by atoms with Gasteiger partial charge in [0, 0.05) is 15.1 Å². The minimum Gasteiger partial charge on any atom is -0.293 e. The van der Waals surface area contributed by atoms with Crippen LogP contribution in [0.5, 0.6) is 0 Å². The summed E-state index contributed by atoms with van der Waals surface area (Å²) in [4.78, 5) is 11.4. The summed E-state index contributed by atoms with van der Waals surface area (Å²) >= 11 is 12.3. The number of aryl methyl sites for hydroxylation is 1. The molecule has 0 unspecified atom stereocenters. The number of hydrogen-bond donors (Lipinski definition) is 0. The number of alkyl halides is 1. The average molecular weight is 326 g/mol. The zero-order chi connectivity index (χ0) is 10.0. The monoisotopic (exact) mass is 324 g/mol. The van der Waals surface area contributed by atoms with Crippen LogP contribution in [0.25, 0.3) is 0 Å². The minimum atomic E-state index is 0.0478. The van der Waals surface area contributed by atoms with Crippen LogP contribution in [-0.2, 0) is 0 Å². The van der Waals surface area contributed by atoms with Crippen molar-refractivity contribution in [1.82, 2.24) is 0 Å². The van der Waals surface area contributed by atoms with Crippen LogP contribution >= 0.6 is 43.5 Å². The Morgan fingerprint density at radius 3 is 2.69 bits per heavy atom. The lowest BCUT2D eigenvalue weighted by molar-refractivity contribution is 0.102. The van der Waals surface area contributed by atoms with Gasteiger partial charge in [-0.15, -0.1) is 0 Å². The van der Waals surface area contributed by atoms with Crippen molar-refractivity contribution in [2.24, 2.45) is 0 Å². The number of Topliss-reactive ketones (excluding diaryl/α,β-unsaturated/α-hetero) is 1. The van der Waals surface area contributed by atoms with Gasteiger partial charge in [-0.3, -0.25) is 4.79 Å². The Kier molecular flexibility index (Phi) is 3.95. The molecule has 0 fully saturated rings. The molecule has 0 N–H and O–H groups in total. The molecule has 0 heterocycles. The third-order valence-electron chi connectivity index (χ3n) is 1.67. The van der Waals surface area contributed by atoms with Crippen molar-refractivity contribution in [2.45, 2.75) is 6.92 Å². The summed E-state index contributed by atoms with van der Waals surface area (Å²) in [5.41, 5.74) is 1.58. The van der Waals surface area contributed by atoms with Gasteiger partial charge in [0.2, 0.25) is 0 Å². The molecule has 70 valence electrons. The van der Waals surface area contributed by atoms with Gasteiger partial charge in [0.25, 0.3) is 0 Å². The molecule has 1 aromatic carbocycles. The Balaban J connectivity index is 3.23. The molecule has 0 aromatic heterocycles. The molecule has 0 aliphatic heterocycles. The average Bonchev–Trinajstić information content (AvgIpc) is 2.10. The molecule has 4 heteroatoms. The van der Waals surface area contributed by atoms with Gasteiger partial charge >= 0.3 is 0 Å². The maximum Gasteiger partial charge on any atom is 0.174 e. The molecule has 0 spiro atoms. The smallest absolute Gasteiger partial charge is 0.174 e. The van der Waals surface area contributed by atoms with E-state index in [9.17, 15) is 4.79 Å². The van der Waals surface area contributed by atoms with E-state index >= 15 is 0 Å². The van der Waals surface area contributed by atoms with Crippen LogP contribution in [0.3, 0.4) is 0 Å². The van der Waals surface area contributed by atoms with Gasteiger partial charge in [-0.05, 0) is 40.5 Å². The van der Waals surface area contributed by atoms with Crippen molar-refractivity contribution >= 4 is 49.2 Å². The van der Waals surface area contributed by atoms with E-state index in [1.165, 1.54) is 0 Å². The number of benzene rings is 1. The van der Waals surface area contributed by atoms with E-state index in [1.54, 1.807) is 12.1 Å². The molecule has 1 aromatic rings. The van der Waals surface area contributed by atoms with Gasteiger partial charge in [0.15, 0.2) is 5.78 Å². The Morgan fingerprint density at radius 2 is 2.15 bits per heavy atom. The Labute approximate surface area is 98.7 Å². The van der Waals surface area contributed by atoms with Crippen LogP contribution in [0.1, 0.15) is 15.9 Å². The molecular formula is C9H7Br2ClO. The summed E-state index contributed by atoms with van der Waals surface area (Å²) in [6.45, 7) is 1.87. The van der Waals surface area contributed by atoms with Gasteiger partial charge < -0.3 is 0 Å². The molecular weight excluding hydrogens is 319 g/mol. The second-order valence-electron chi connectivity index (χ2n) is 2.64. The van der Waals surface area contributed by atoms with Crippen LogP contribution in [0, 0.1) is 6.92 Å². The summed E-state index contributed by atoms with van der Waals surface area (Å²) in [6.07, 6.45) is 0. The largest absolute Gasteiger partial charge is 0.293 e. The fourth-order valence-electron chi connectivity index (χ4n) is 0.943. The Morgan fingerprint density at radius 1 is 1.54 bits per heavy atom. The van der Waals surface area contributed by atoms with Crippen molar-refractivity contribution in [3.8, 4) is 0 Å². The zero-order valence-electron chi connectivity index (χ0n) is 6.90. The molecule has 0 saturated carbocycles. The molecule has 0 bridgehead atoms. The van der Waals surface area contributed by atoms with Crippen LogP contribution in [0.2, 0.25) is 5.02 Å². The van der Waals surface area contributed by atoms with E-state index in [1.807, 2.05) is 6.92 Å². The molecule has 0 saturated heterocycles. The SMILES string of the molecule is Cc1cc(C(=O)CBr)c(Br)cc1Cl. The van der Waals surface area contributed by atoms with Gasteiger partial charge in [0.05, 0.1) is 5.33 Å². The van der Waals surface area contributed by atoms with Crippen LogP contribution in [-0.4, -0.2) is 11.1 Å². The van der Waals surface area contributed by atoms with E-state index in [0.29, 0.717) is 15.9 Å². The highest BCUT2D eigenvalue weighted by Crippen LogP contribution is 2.25. The van der Waals surface area contributed by atoms with E-state index in [4.69, 9.17) is 11.6 Å². The number of carbonyl (C=O) groups is 1. The lowest BCUT2D eigenvalue weighted by Gasteiger charge is -2.04. The predicted octanol–water partition coefficient (Wildman–Crippen LogP) is 3.99. The predicted molar refractivity (Wildman–Crippen MR) is 62.0 cm³/mol. The number of carbonyl (C=O) groups excluding carboxylic acids is 1. The van der Waals surface area contributed by atoms with E-state index in [0.717, 1.165) is 10.0 Å². The number of halogens is 3. The van der Waals surface area contributed by atoms with Crippen molar-refractivity contribution in [2.75, 3.05) is 5.33 Å². The second-order valence-corrected chi connectivity index (χ2v) is 4.46. The molecule has 0 atom stereocenters. The van der Waals surface area contributed by atoms with Gasteiger partial charge in [-0.25, -0.2) is 0 Å². The lowest BCUT2D eigenvalue weighted by atomic mass is 10.1. The molecule has 1 nitrogen and oxygen atoms in total. The van der Waals surface area contributed by atoms with E-state index in [-0.39, 0.29) is 5.78 Å². The minimum absolute atomic E-state index is 0.0478. The first-order valence-corrected chi connectivity index (χ1v) is 5.90.